The highest BCUT2D eigenvalue weighted by Gasteiger charge is 2.19. The molecule has 17 heavy (non-hydrogen) atoms. The van der Waals surface area contributed by atoms with Crippen LogP contribution in [0.25, 0.3) is 10.9 Å². The standard InChI is InChI=1S/C15H17NO/c1-11-5-6-15-14(7-11)13(10-17)9-16(15)8-12-3-2-4-12/h5-7,9-10,12H,2-4,8H2,1H3. The molecule has 1 fully saturated rings. The minimum absolute atomic E-state index is 0.811. The first-order chi connectivity index (χ1) is 8.28. The summed E-state index contributed by atoms with van der Waals surface area (Å²) >= 11 is 0. The second-order valence-corrected chi connectivity index (χ2v) is 5.17. The van der Waals surface area contributed by atoms with E-state index in [0.29, 0.717) is 0 Å². The number of hydrogen-bond donors (Lipinski definition) is 0. The van der Waals surface area contributed by atoms with Crippen LogP contribution in [0.4, 0.5) is 0 Å². The number of aldehydes is 1. The van der Waals surface area contributed by atoms with Gasteiger partial charge in [-0.25, -0.2) is 0 Å². The number of carbonyl (C=O) groups excluding carboxylic acids is 1. The van der Waals surface area contributed by atoms with Crippen molar-refractivity contribution >= 4 is 17.2 Å². The van der Waals surface area contributed by atoms with Crippen molar-refractivity contribution in [1.29, 1.82) is 0 Å². The van der Waals surface area contributed by atoms with E-state index in [2.05, 4.69) is 29.7 Å². The number of benzene rings is 1. The minimum Gasteiger partial charge on any atom is -0.346 e. The van der Waals surface area contributed by atoms with E-state index < -0.39 is 0 Å². The molecular weight excluding hydrogens is 210 g/mol. The first-order valence-electron chi connectivity index (χ1n) is 6.32. The van der Waals surface area contributed by atoms with Gasteiger partial charge in [-0.15, -0.1) is 0 Å². The molecule has 0 radical (unpaired) electrons. The Morgan fingerprint density at radius 2 is 2.24 bits per heavy atom. The van der Waals surface area contributed by atoms with Gasteiger partial charge in [-0.1, -0.05) is 18.1 Å². The van der Waals surface area contributed by atoms with E-state index in [4.69, 9.17) is 0 Å². The summed E-state index contributed by atoms with van der Waals surface area (Å²) < 4.78 is 2.25. The van der Waals surface area contributed by atoms with Gasteiger partial charge in [0.25, 0.3) is 0 Å². The fourth-order valence-electron chi connectivity index (χ4n) is 2.64. The molecule has 0 aliphatic heterocycles. The van der Waals surface area contributed by atoms with E-state index >= 15 is 0 Å². The van der Waals surface area contributed by atoms with Gasteiger partial charge in [-0.3, -0.25) is 4.79 Å². The molecule has 88 valence electrons. The molecule has 2 nitrogen and oxygen atoms in total. The van der Waals surface area contributed by atoms with Crippen LogP contribution >= 0.6 is 0 Å². The average molecular weight is 227 g/mol. The Kier molecular flexibility index (Phi) is 2.50. The maximum atomic E-state index is 11.1. The third-order valence-corrected chi connectivity index (χ3v) is 3.87. The first-order valence-corrected chi connectivity index (χ1v) is 6.32. The molecule has 0 unspecified atom stereocenters. The van der Waals surface area contributed by atoms with E-state index in [1.807, 2.05) is 6.20 Å². The molecule has 0 bridgehead atoms. The molecule has 1 aromatic carbocycles. The summed E-state index contributed by atoms with van der Waals surface area (Å²) in [6.07, 6.45) is 7.02. The largest absolute Gasteiger partial charge is 0.346 e. The van der Waals surface area contributed by atoms with Crippen LogP contribution in [-0.2, 0) is 6.54 Å². The Balaban J connectivity index is 2.07. The van der Waals surface area contributed by atoms with E-state index in [9.17, 15) is 4.79 Å². The van der Waals surface area contributed by atoms with Crippen LogP contribution in [0, 0.1) is 12.8 Å². The smallest absolute Gasteiger partial charge is 0.152 e. The number of aromatic nitrogens is 1. The summed E-state index contributed by atoms with van der Waals surface area (Å²) in [4.78, 5) is 11.1. The van der Waals surface area contributed by atoms with Gasteiger partial charge in [0.05, 0.1) is 0 Å². The lowest BCUT2D eigenvalue weighted by Gasteiger charge is -2.26. The molecule has 1 heterocycles. The Morgan fingerprint density at radius 3 is 2.88 bits per heavy atom. The SMILES string of the molecule is Cc1ccc2c(c1)c(C=O)cn2CC1CCC1. The quantitative estimate of drug-likeness (QED) is 0.735. The van der Waals surface area contributed by atoms with Crippen molar-refractivity contribution in [3.63, 3.8) is 0 Å². The van der Waals surface area contributed by atoms with Crippen molar-refractivity contribution in [2.24, 2.45) is 5.92 Å². The normalized spacial score (nSPS) is 16.1. The van der Waals surface area contributed by atoms with Crippen LogP contribution in [0.2, 0.25) is 0 Å². The third kappa shape index (κ3) is 1.78. The number of hydrogen-bond acceptors (Lipinski definition) is 1. The molecule has 1 saturated carbocycles. The van der Waals surface area contributed by atoms with Gasteiger partial charge in [0.15, 0.2) is 6.29 Å². The Bertz CT molecular complexity index is 564. The topological polar surface area (TPSA) is 22.0 Å². The maximum Gasteiger partial charge on any atom is 0.152 e. The van der Waals surface area contributed by atoms with Gasteiger partial charge < -0.3 is 4.57 Å². The number of aryl methyl sites for hydroxylation is 1. The summed E-state index contributed by atoms with van der Waals surface area (Å²) in [5.74, 6) is 0.811. The van der Waals surface area contributed by atoms with Crippen LogP contribution in [-0.4, -0.2) is 10.9 Å². The van der Waals surface area contributed by atoms with Crippen LogP contribution in [0.1, 0.15) is 35.2 Å². The summed E-state index contributed by atoms with van der Waals surface area (Å²) in [5, 5.41) is 1.10. The highest BCUT2D eigenvalue weighted by Crippen LogP contribution is 2.30. The third-order valence-electron chi connectivity index (χ3n) is 3.87. The number of rotatable bonds is 3. The van der Waals surface area contributed by atoms with Gasteiger partial charge in [0, 0.05) is 29.2 Å². The zero-order valence-electron chi connectivity index (χ0n) is 10.1. The summed E-state index contributed by atoms with van der Waals surface area (Å²) in [5.41, 5.74) is 3.23. The van der Waals surface area contributed by atoms with Gasteiger partial charge in [-0.2, -0.15) is 0 Å². The van der Waals surface area contributed by atoms with Crippen molar-refractivity contribution in [2.45, 2.75) is 32.7 Å². The second-order valence-electron chi connectivity index (χ2n) is 5.17. The zero-order valence-corrected chi connectivity index (χ0v) is 10.1. The molecule has 0 saturated heterocycles. The molecule has 1 aromatic heterocycles. The number of fused-ring (bicyclic) bond motifs is 1. The van der Waals surface area contributed by atoms with Gasteiger partial charge in [0.1, 0.15) is 0 Å². The Morgan fingerprint density at radius 1 is 1.41 bits per heavy atom. The molecule has 0 amide bonds. The van der Waals surface area contributed by atoms with Crippen LogP contribution in [0.15, 0.2) is 24.4 Å². The van der Waals surface area contributed by atoms with Gasteiger partial charge in [0.2, 0.25) is 0 Å². The lowest BCUT2D eigenvalue weighted by Crippen LogP contribution is -2.17. The fourth-order valence-corrected chi connectivity index (χ4v) is 2.64. The van der Waals surface area contributed by atoms with Crippen LogP contribution < -0.4 is 0 Å². The highest BCUT2D eigenvalue weighted by molar-refractivity contribution is 5.97. The van der Waals surface area contributed by atoms with Crippen molar-refractivity contribution in [3.05, 3.63) is 35.5 Å². The predicted molar refractivity (Wildman–Crippen MR) is 69.4 cm³/mol. The lowest BCUT2D eigenvalue weighted by atomic mass is 9.85. The molecular formula is C15H17NO. The first kappa shape index (κ1) is 10.6. The number of nitrogens with zero attached hydrogens (tertiary/aromatic N) is 1. The zero-order chi connectivity index (χ0) is 11.8. The van der Waals surface area contributed by atoms with Crippen molar-refractivity contribution < 1.29 is 4.79 Å². The van der Waals surface area contributed by atoms with E-state index in [1.54, 1.807) is 0 Å². The molecule has 1 aliphatic carbocycles. The summed E-state index contributed by atoms with van der Waals surface area (Å²) in [7, 11) is 0. The monoisotopic (exact) mass is 227 g/mol. The highest BCUT2D eigenvalue weighted by atomic mass is 16.1. The van der Waals surface area contributed by atoms with E-state index in [0.717, 1.165) is 29.7 Å². The van der Waals surface area contributed by atoms with Gasteiger partial charge >= 0.3 is 0 Å². The van der Waals surface area contributed by atoms with Crippen molar-refractivity contribution in [2.75, 3.05) is 0 Å². The minimum atomic E-state index is 0.811. The summed E-state index contributed by atoms with van der Waals surface area (Å²) in [6.45, 7) is 3.13. The molecule has 0 N–H and O–H groups in total. The Hall–Kier alpha value is -1.57. The van der Waals surface area contributed by atoms with Crippen molar-refractivity contribution in [1.82, 2.24) is 4.57 Å². The van der Waals surface area contributed by atoms with Crippen LogP contribution in [0.5, 0.6) is 0 Å². The van der Waals surface area contributed by atoms with Crippen LogP contribution in [0.3, 0.4) is 0 Å². The van der Waals surface area contributed by atoms with Crippen molar-refractivity contribution in [3.8, 4) is 0 Å². The summed E-state index contributed by atoms with van der Waals surface area (Å²) in [6, 6.07) is 6.36. The molecule has 3 rings (SSSR count). The Labute approximate surface area is 101 Å². The molecule has 2 heteroatoms. The maximum absolute atomic E-state index is 11.1. The molecule has 0 atom stereocenters. The predicted octanol–water partition coefficient (Wildman–Crippen LogP) is 3.56. The number of carbonyl (C=O) groups is 1. The van der Waals surface area contributed by atoms with E-state index in [1.165, 1.54) is 30.3 Å². The fraction of sp³-hybridized carbons (Fsp3) is 0.400. The molecule has 0 spiro atoms. The lowest BCUT2D eigenvalue weighted by molar-refractivity contribution is 0.112. The second kappa shape index (κ2) is 4.02. The van der Waals surface area contributed by atoms with Gasteiger partial charge in [-0.05, 0) is 37.8 Å². The van der Waals surface area contributed by atoms with E-state index in [-0.39, 0.29) is 0 Å². The molecule has 2 aromatic rings. The molecule has 1 aliphatic rings. The average Bonchev–Trinajstić information content (AvgIpc) is 2.61.